The van der Waals surface area contributed by atoms with Crippen LogP contribution in [0.4, 0.5) is 17.3 Å². The second-order valence-electron chi connectivity index (χ2n) is 9.59. The first-order chi connectivity index (χ1) is 18.0. The highest BCUT2D eigenvalue weighted by atomic mass is 16.1. The molecule has 0 spiro atoms. The van der Waals surface area contributed by atoms with Gasteiger partial charge in [-0.15, -0.1) is 11.7 Å². The van der Waals surface area contributed by atoms with Crippen LogP contribution >= 0.6 is 0 Å². The fraction of sp³-hybridized carbons (Fsp3) is 0.346. The van der Waals surface area contributed by atoms with Crippen molar-refractivity contribution in [1.82, 2.24) is 34.0 Å². The molecule has 0 amide bonds. The summed E-state index contributed by atoms with van der Waals surface area (Å²) in [5.41, 5.74) is 2.03. The number of piperazine rings is 1. The van der Waals surface area contributed by atoms with E-state index < -0.39 is 0 Å². The van der Waals surface area contributed by atoms with E-state index in [4.69, 9.17) is 0 Å². The van der Waals surface area contributed by atoms with E-state index in [-0.39, 0.29) is 23.7 Å². The lowest BCUT2D eigenvalue weighted by Gasteiger charge is -2.34. The lowest BCUT2D eigenvalue weighted by atomic mass is 10.2. The number of benzene rings is 1. The summed E-state index contributed by atoms with van der Waals surface area (Å²) in [7, 11) is 2.14. The first-order valence-corrected chi connectivity index (χ1v) is 12.5. The molecule has 1 aromatic carbocycles. The van der Waals surface area contributed by atoms with Crippen molar-refractivity contribution in [2.45, 2.75) is 25.4 Å². The number of hydrogen-bond donors (Lipinski definition) is 1. The summed E-state index contributed by atoms with van der Waals surface area (Å²) in [4.78, 5) is 39.3. The Balaban J connectivity index is 1.35. The van der Waals surface area contributed by atoms with Crippen molar-refractivity contribution >= 4 is 28.4 Å². The van der Waals surface area contributed by atoms with E-state index in [1.165, 1.54) is 27.3 Å². The predicted molar refractivity (Wildman–Crippen MR) is 143 cm³/mol. The van der Waals surface area contributed by atoms with E-state index in [0.29, 0.717) is 22.8 Å². The third-order valence-corrected chi connectivity index (χ3v) is 6.89. The van der Waals surface area contributed by atoms with Crippen LogP contribution in [0.2, 0.25) is 0 Å². The Bertz CT molecular complexity index is 1570. The zero-order valence-electron chi connectivity index (χ0n) is 20.7. The zero-order chi connectivity index (χ0) is 25.5. The second kappa shape index (κ2) is 9.32. The van der Waals surface area contributed by atoms with E-state index in [9.17, 15) is 9.59 Å². The van der Waals surface area contributed by atoms with Crippen molar-refractivity contribution in [2.24, 2.45) is 0 Å². The Morgan fingerprint density at radius 2 is 1.81 bits per heavy atom. The van der Waals surface area contributed by atoms with Crippen molar-refractivity contribution in [3.8, 4) is 5.82 Å². The molecule has 1 N–H and O–H groups in total. The van der Waals surface area contributed by atoms with Gasteiger partial charge in [-0.2, -0.15) is 4.98 Å². The quantitative estimate of drug-likeness (QED) is 0.386. The van der Waals surface area contributed by atoms with E-state index in [1.807, 2.05) is 12.1 Å². The molecule has 3 aromatic heterocycles. The minimum atomic E-state index is -0.246. The highest BCUT2D eigenvalue weighted by Gasteiger charge is 2.27. The molecule has 11 heteroatoms. The number of aromatic nitrogens is 6. The average molecular weight is 500 g/mol. The summed E-state index contributed by atoms with van der Waals surface area (Å²) in [6.07, 6.45) is 5.01. The van der Waals surface area contributed by atoms with Gasteiger partial charge in [-0.25, -0.2) is 19.0 Å². The molecular formula is C26H29N9O2. The zero-order valence-corrected chi connectivity index (χ0v) is 20.7. The van der Waals surface area contributed by atoms with Crippen molar-refractivity contribution in [3.63, 3.8) is 0 Å². The maximum Gasteiger partial charge on any atom is 0.278 e. The van der Waals surface area contributed by atoms with Crippen LogP contribution in [-0.2, 0) is 6.54 Å². The summed E-state index contributed by atoms with van der Waals surface area (Å²) in [5, 5.41) is 8.18. The molecule has 4 aromatic rings. The van der Waals surface area contributed by atoms with Gasteiger partial charge in [0, 0.05) is 49.8 Å². The Hall–Kier alpha value is -4.25. The van der Waals surface area contributed by atoms with E-state index in [2.05, 4.69) is 55.9 Å². The smallest absolute Gasteiger partial charge is 0.278 e. The predicted octanol–water partition coefficient (Wildman–Crippen LogP) is 2.16. The van der Waals surface area contributed by atoms with Crippen LogP contribution in [0.3, 0.4) is 0 Å². The summed E-state index contributed by atoms with van der Waals surface area (Å²) in [6.45, 7) is 8.15. The molecule has 2 fully saturated rings. The van der Waals surface area contributed by atoms with Crippen LogP contribution in [0.5, 0.6) is 0 Å². The molecule has 1 aliphatic carbocycles. The number of rotatable bonds is 7. The second-order valence-corrected chi connectivity index (χ2v) is 9.59. The molecule has 190 valence electrons. The molecule has 37 heavy (non-hydrogen) atoms. The van der Waals surface area contributed by atoms with Gasteiger partial charge in [0.1, 0.15) is 5.39 Å². The van der Waals surface area contributed by atoms with Crippen LogP contribution in [0.1, 0.15) is 18.9 Å². The third kappa shape index (κ3) is 4.42. The third-order valence-electron chi connectivity index (χ3n) is 6.89. The number of nitrogens with zero attached hydrogens (tertiary/aromatic N) is 8. The van der Waals surface area contributed by atoms with Crippen molar-refractivity contribution < 1.29 is 0 Å². The first kappa shape index (κ1) is 23.2. The van der Waals surface area contributed by atoms with E-state index >= 15 is 0 Å². The van der Waals surface area contributed by atoms with Gasteiger partial charge in [-0.3, -0.25) is 9.59 Å². The molecule has 4 heterocycles. The highest BCUT2D eigenvalue weighted by Crippen LogP contribution is 2.32. The van der Waals surface area contributed by atoms with Gasteiger partial charge in [0.05, 0.1) is 12.6 Å². The minimum Gasteiger partial charge on any atom is -0.369 e. The monoisotopic (exact) mass is 499 g/mol. The number of anilines is 3. The molecule has 1 saturated carbocycles. The van der Waals surface area contributed by atoms with Crippen LogP contribution in [0, 0.1) is 0 Å². The standard InChI is InChI=1S/C26H29N9O2/c1-3-12-33-25(37)21-17-27-26(28-18-4-6-19(7-5-18)32-15-13-31(2)14-16-32)29-24(21)35(33)22-10-11-23(36)34(30-22)20-8-9-20/h3-7,10-11,17,20H,1,8-9,12-16H2,2H3,(H,27,28,29). The van der Waals surface area contributed by atoms with Crippen molar-refractivity contribution in [1.29, 1.82) is 0 Å². The molecule has 0 radical (unpaired) electrons. The minimum absolute atomic E-state index is 0.106. The van der Waals surface area contributed by atoms with E-state index in [0.717, 1.165) is 44.7 Å². The molecule has 2 aliphatic rings. The average Bonchev–Trinajstić information content (AvgIpc) is 3.72. The van der Waals surface area contributed by atoms with E-state index in [1.54, 1.807) is 16.8 Å². The van der Waals surface area contributed by atoms with Gasteiger partial charge >= 0.3 is 0 Å². The maximum atomic E-state index is 13.2. The summed E-state index contributed by atoms with van der Waals surface area (Å²) in [6, 6.07) is 11.4. The van der Waals surface area contributed by atoms with Crippen LogP contribution in [-0.4, -0.2) is 67.2 Å². The lowest BCUT2D eigenvalue weighted by Crippen LogP contribution is -2.44. The SMILES string of the molecule is C=CCn1c(=O)c2cnc(Nc3ccc(N4CCN(C)CC4)cc3)nc2n1-c1ccc(=O)n(C2CC2)n1. The number of nitrogens with one attached hydrogen (secondary N) is 1. The van der Waals surface area contributed by atoms with Crippen LogP contribution in [0.25, 0.3) is 16.9 Å². The molecule has 6 rings (SSSR count). The molecule has 0 bridgehead atoms. The van der Waals surface area contributed by atoms with Crippen LogP contribution in [0.15, 0.2) is 64.8 Å². The molecule has 1 aliphatic heterocycles. The number of fused-ring (bicyclic) bond motifs is 1. The molecule has 11 nitrogen and oxygen atoms in total. The lowest BCUT2D eigenvalue weighted by molar-refractivity contribution is 0.313. The maximum absolute atomic E-state index is 13.2. The summed E-state index contributed by atoms with van der Waals surface area (Å²) in [5.74, 6) is 0.807. The highest BCUT2D eigenvalue weighted by molar-refractivity contribution is 5.77. The Labute approximate surface area is 213 Å². The normalized spacial score (nSPS) is 16.3. The first-order valence-electron chi connectivity index (χ1n) is 12.5. The fourth-order valence-electron chi connectivity index (χ4n) is 4.67. The van der Waals surface area contributed by atoms with Gasteiger partial charge in [0.2, 0.25) is 5.95 Å². The summed E-state index contributed by atoms with van der Waals surface area (Å²) >= 11 is 0. The van der Waals surface area contributed by atoms with Gasteiger partial charge < -0.3 is 15.1 Å². The Kier molecular flexibility index (Phi) is 5.84. The topological polar surface area (TPSA) is 106 Å². The van der Waals surface area contributed by atoms with Gasteiger partial charge in [0.15, 0.2) is 11.5 Å². The van der Waals surface area contributed by atoms with Crippen molar-refractivity contribution in [2.75, 3.05) is 43.4 Å². The van der Waals surface area contributed by atoms with Gasteiger partial charge in [-0.05, 0) is 50.2 Å². The Morgan fingerprint density at radius 3 is 2.51 bits per heavy atom. The van der Waals surface area contributed by atoms with Crippen LogP contribution < -0.4 is 21.3 Å². The van der Waals surface area contributed by atoms with Gasteiger partial charge in [-0.1, -0.05) is 6.08 Å². The largest absolute Gasteiger partial charge is 0.369 e. The molecule has 0 atom stereocenters. The van der Waals surface area contributed by atoms with Crippen molar-refractivity contribution in [3.05, 3.63) is 76.0 Å². The number of likely N-dealkylation sites (N-methyl/N-ethyl adjacent to an activating group) is 1. The number of hydrogen-bond acceptors (Lipinski definition) is 8. The molecule has 1 saturated heterocycles. The van der Waals surface area contributed by atoms with Gasteiger partial charge in [0.25, 0.3) is 11.1 Å². The summed E-state index contributed by atoms with van der Waals surface area (Å²) < 4.78 is 4.64. The number of allylic oxidation sites excluding steroid dienone is 1. The fourth-order valence-corrected chi connectivity index (χ4v) is 4.67. The molecular weight excluding hydrogens is 470 g/mol. The Morgan fingerprint density at radius 1 is 1.05 bits per heavy atom. The molecule has 0 unspecified atom stereocenters.